The first-order valence-corrected chi connectivity index (χ1v) is 9.02. The smallest absolute Gasteiger partial charge is 0.417 e. The molecule has 1 heterocycles. The van der Waals surface area contributed by atoms with Crippen LogP contribution in [0.2, 0.25) is 0 Å². The van der Waals surface area contributed by atoms with Crippen molar-refractivity contribution in [1.82, 2.24) is 4.90 Å². The Hall–Kier alpha value is -2.38. The Balaban J connectivity index is 3.40. The highest BCUT2D eigenvalue weighted by Crippen LogP contribution is 2.44. The van der Waals surface area contributed by atoms with E-state index in [0.717, 1.165) is 6.08 Å². The highest BCUT2D eigenvalue weighted by molar-refractivity contribution is 6.20. The van der Waals surface area contributed by atoms with Crippen LogP contribution >= 0.6 is 0 Å². The van der Waals surface area contributed by atoms with Crippen molar-refractivity contribution >= 4 is 23.9 Å². The lowest BCUT2D eigenvalue weighted by molar-refractivity contribution is -0.199. The summed E-state index contributed by atoms with van der Waals surface area (Å²) in [6.45, 7) is 18.2. The van der Waals surface area contributed by atoms with Gasteiger partial charge in [-0.15, -0.1) is 6.58 Å². The zero-order chi connectivity index (χ0) is 22.3. The highest BCUT2D eigenvalue weighted by Gasteiger charge is 2.72. The van der Waals surface area contributed by atoms with Gasteiger partial charge in [0.1, 0.15) is 16.8 Å². The monoisotopic (exact) mass is 397 g/mol. The molecule has 2 atom stereocenters. The molecule has 0 saturated carbocycles. The predicted octanol–water partition coefficient (Wildman–Crippen LogP) is 2.99. The van der Waals surface area contributed by atoms with E-state index in [1.54, 1.807) is 62.3 Å². The summed E-state index contributed by atoms with van der Waals surface area (Å²) in [7, 11) is 0. The second-order valence-corrected chi connectivity index (χ2v) is 9.67. The van der Waals surface area contributed by atoms with E-state index < -0.39 is 52.2 Å². The number of likely N-dealkylation sites (tertiary alicyclic amines) is 1. The van der Waals surface area contributed by atoms with Gasteiger partial charge in [-0.05, 0) is 62.3 Å². The normalized spacial score (nSPS) is 22.8. The first kappa shape index (κ1) is 23.7. The molecule has 0 radical (unpaired) electrons. The number of rotatable bonds is 3. The zero-order valence-corrected chi connectivity index (χ0v) is 18.2. The molecule has 8 heteroatoms. The average molecular weight is 397 g/mol. The van der Waals surface area contributed by atoms with Gasteiger partial charge in [-0.3, -0.25) is 9.59 Å². The van der Waals surface area contributed by atoms with Gasteiger partial charge in [0.25, 0.3) is 5.91 Å². The van der Waals surface area contributed by atoms with Gasteiger partial charge in [0.15, 0.2) is 11.5 Å². The number of esters is 2. The molecule has 0 aromatic rings. The molecule has 2 amide bonds. The molecule has 1 fully saturated rings. The number of amides is 2. The van der Waals surface area contributed by atoms with Crippen LogP contribution in [0.15, 0.2) is 12.7 Å². The molecule has 1 aliphatic rings. The third-order valence-electron chi connectivity index (χ3n) is 3.54. The fourth-order valence-corrected chi connectivity index (χ4v) is 2.56. The quantitative estimate of drug-likeness (QED) is 0.237. The molecule has 1 rings (SSSR count). The van der Waals surface area contributed by atoms with Crippen LogP contribution in [-0.2, 0) is 28.6 Å². The Morgan fingerprint density at radius 1 is 0.893 bits per heavy atom. The molecule has 0 spiro atoms. The highest BCUT2D eigenvalue weighted by atomic mass is 16.6. The van der Waals surface area contributed by atoms with Crippen molar-refractivity contribution in [2.45, 2.75) is 85.2 Å². The van der Waals surface area contributed by atoms with E-state index in [2.05, 4.69) is 6.58 Å². The van der Waals surface area contributed by atoms with E-state index in [9.17, 15) is 19.2 Å². The van der Waals surface area contributed by atoms with Crippen LogP contribution in [0.25, 0.3) is 0 Å². The minimum atomic E-state index is -2.06. The standard InChI is InChI=1S/C20H31NO7/c1-11-20(15(24)27-18(5,6)7)12(13(22)26-17(2,3)4)21(14(20)23)16(25)28-19(8,9)10/h11-12H,1H2,2-10H3/t12-,20-/m1/s1. The van der Waals surface area contributed by atoms with E-state index in [-0.39, 0.29) is 0 Å². The summed E-state index contributed by atoms with van der Waals surface area (Å²) in [6.07, 6.45) is -0.0202. The summed E-state index contributed by atoms with van der Waals surface area (Å²) in [5.74, 6) is -2.85. The molecule has 0 aliphatic carbocycles. The first-order chi connectivity index (χ1) is 12.4. The third-order valence-corrected chi connectivity index (χ3v) is 3.54. The second kappa shape index (κ2) is 7.22. The molecular formula is C20H31NO7. The summed E-state index contributed by atoms with van der Waals surface area (Å²) < 4.78 is 15.9. The van der Waals surface area contributed by atoms with Crippen LogP contribution in [-0.4, -0.2) is 51.7 Å². The van der Waals surface area contributed by atoms with Crippen molar-refractivity contribution in [1.29, 1.82) is 0 Å². The lowest BCUT2D eigenvalue weighted by Gasteiger charge is -2.50. The van der Waals surface area contributed by atoms with Crippen LogP contribution in [0.1, 0.15) is 62.3 Å². The molecule has 8 nitrogen and oxygen atoms in total. The Labute approximate surface area is 166 Å². The molecular weight excluding hydrogens is 366 g/mol. The van der Waals surface area contributed by atoms with Crippen LogP contribution < -0.4 is 0 Å². The van der Waals surface area contributed by atoms with Crippen molar-refractivity contribution in [3.63, 3.8) is 0 Å². The third kappa shape index (κ3) is 4.91. The molecule has 1 saturated heterocycles. The number of β-lactam (4-membered cyclic amide) rings is 1. The largest absolute Gasteiger partial charge is 0.459 e. The Morgan fingerprint density at radius 3 is 1.68 bits per heavy atom. The van der Waals surface area contributed by atoms with E-state index in [0.29, 0.717) is 4.90 Å². The maximum Gasteiger partial charge on any atom is 0.417 e. The number of carbonyl (C=O) groups excluding carboxylic acids is 4. The molecule has 0 unspecified atom stereocenters. The van der Waals surface area contributed by atoms with Gasteiger partial charge < -0.3 is 14.2 Å². The molecule has 0 aromatic heterocycles. The summed E-state index contributed by atoms with van der Waals surface area (Å²) in [5, 5.41) is 0. The fourth-order valence-electron chi connectivity index (χ4n) is 2.56. The fraction of sp³-hybridized carbons (Fsp3) is 0.700. The molecule has 0 aromatic carbocycles. The van der Waals surface area contributed by atoms with Crippen molar-refractivity contribution in [3.05, 3.63) is 12.7 Å². The zero-order valence-electron chi connectivity index (χ0n) is 18.2. The van der Waals surface area contributed by atoms with E-state index >= 15 is 0 Å². The van der Waals surface area contributed by atoms with Gasteiger partial charge >= 0.3 is 18.0 Å². The SMILES string of the molecule is C=C[C@]1(C(=O)OC(C)(C)C)C(=O)N(C(=O)OC(C)(C)C)[C@@H]1C(=O)OC(C)(C)C. The van der Waals surface area contributed by atoms with Crippen molar-refractivity contribution in [2.24, 2.45) is 5.41 Å². The maximum atomic E-state index is 12.9. The lowest BCUT2D eigenvalue weighted by atomic mass is 9.70. The Kier molecular flexibility index (Phi) is 6.10. The van der Waals surface area contributed by atoms with Crippen molar-refractivity contribution < 1.29 is 33.4 Å². The maximum absolute atomic E-state index is 12.9. The number of ether oxygens (including phenoxy) is 3. The molecule has 1 aliphatic heterocycles. The van der Waals surface area contributed by atoms with Gasteiger partial charge in [-0.25, -0.2) is 14.5 Å². The number of imide groups is 1. The summed E-state index contributed by atoms with van der Waals surface area (Å²) in [6, 6.07) is -1.57. The van der Waals surface area contributed by atoms with Crippen LogP contribution in [0.3, 0.4) is 0 Å². The predicted molar refractivity (Wildman–Crippen MR) is 101 cm³/mol. The van der Waals surface area contributed by atoms with Gasteiger partial charge in [0.05, 0.1) is 0 Å². The Morgan fingerprint density at radius 2 is 1.32 bits per heavy atom. The summed E-state index contributed by atoms with van der Waals surface area (Å²) in [4.78, 5) is 51.7. The summed E-state index contributed by atoms with van der Waals surface area (Å²) >= 11 is 0. The van der Waals surface area contributed by atoms with E-state index in [1.807, 2.05) is 0 Å². The van der Waals surface area contributed by atoms with Crippen LogP contribution in [0.5, 0.6) is 0 Å². The van der Waals surface area contributed by atoms with E-state index in [1.165, 1.54) is 0 Å². The molecule has 158 valence electrons. The van der Waals surface area contributed by atoms with Gasteiger partial charge in [0.2, 0.25) is 0 Å². The minimum Gasteiger partial charge on any atom is -0.459 e. The van der Waals surface area contributed by atoms with Gasteiger partial charge in [-0.2, -0.15) is 0 Å². The Bertz CT molecular complexity index is 691. The van der Waals surface area contributed by atoms with Crippen molar-refractivity contribution in [2.75, 3.05) is 0 Å². The number of carbonyl (C=O) groups is 4. The number of hydrogen-bond donors (Lipinski definition) is 0. The minimum absolute atomic E-state index is 0.588. The van der Waals surface area contributed by atoms with Crippen LogP contribution in [0, 0.1) is 5.41 Å². The average Bonchev–Trinajstić information content (AvgIpc) is 2.39. The van der Waals surface area contributed by atoms with Crippen LogP contribution in [0.4, 0.5) is 4.79 Å². The van der Waals surface area contributed by atoms with Crippen molar-refractivity contribution in [3.8, 4) is 0 Å². The first-order valence-electron chi connectivity index (χ1n) is 9.02. The summed E-state index contributed by atoms with van der Waals surface area (Å²) in [5.41, 5.74) is -4.80. The number of hydrogen-bond acceptors (Lipinski definition) is 7. The molecule has 0 N–H and O–H groups in total. The second-order valence-electron chi connectivity index (χ2n) is 9.67. The van der Waals surface area contributed by atoms with Gasteiger partial charge in [0, 0.05) is 0 Å². The molecule has 0 bridgehead atoms. The van der Waals surface area contributed by atoms with Gasteiger partial charge in [-0.1, -0.05) is 6.08 Å². The topological polar surface area (TPSA) is 99.2 Å². The lowest BCUT2D eigenvalue weighted by Crippen LogP contribution is -2.76. The molecule has 28 heavy (non-hydrogen) atoms. The number of nitrogens with zero attached hydrogens (tertiary/aromatic N) is 1. The van der Waals surface area contributed by atoms with E-state index in [4.69, 9.17) is 14.2 Å².